The summed E-state index contributed by atoms with van der Waals surface area (Å²) >= 11 is 0. The van der Waals surface area contributed by atoms with Crippen LogP contribution in [0.5, 0.6) is 0 Å². The Labute approximate surface area is 121 Å². The minimum atomic E-state index is -0.00259. The lowest BCUT2D eigenvalue weighted by atomic mass is 9.87. The quantitative estimate of drug-likeness (QED) is 0.751. The molecule has 0 bridgehead atoms. The first-order valence-corrected chi connectivity index (χ1v) is 7.67. The molecule has 1 fully saturated rings. The molecule has 4 heteroatoms. The molecule has 1 amide bonds. The second-order valence-corrected chi connectivity index (χ2v) is 6.33. The van der Waals surface area contributed by atoms with Gasteiger partial charge in [-0.05, 0) is 12.8 Å². The van der Waals surface area contributed by atoms with Crippen LogP contribution in [0, 0.1) is 17.8 Å². The molecular weight excluding hydrogens is 254 g/mol. The maximum atomic E-state index is 12.0. The molecule has 20 heavy (non-hydrogen) atoms. The molecule has 1 heterocycles. The summed E-state index contributed by atoms with van der Waals surface area (Å²) in [7, 11) is 0. The predicted octanol–water partition coefficient (Wildman–Crippen LogP) is 2.46. The Morgan fingerprint density at radius 3 is 1.95 bits per heavy atom. The Hall–Kier alpha value is -1.19. The molecule has 1 aliphatic rings. The van der Waals surface area contributed by atoms with Gasteiger partial charge in [0.15, 0.2) is 0 Å². The summed E-state index contributed by atoms with van der Waals surface area (Å²) in [5, 5.41) is 0. The monoisotopic (exact) mass is 281 g/mol. The first-order chi connectivity index (χ1) is 9.32. The Morgan fingerprint density at radius 2 is 1.50 bits per heavy atom. The molecule has 0 spiro atoms. The highest BCUT2D eigenvalue weighted by Gasteiger charge is 2.28. The van der Waals surface area contributed by atoms with Crippen LogP contribution in [0.25, 0.3) is 0 Å². The van der Waals surface area contributed by atoms with Crippen LogP contribution in [0.3, 0.4) is 0 Å². The first kappa shape index (κ1) is 16.9. The van der Waals surface area contributed by atoms with Crippen molar-refractivity contribution in [3.8, 4) is 0 Å². The molecule has 1 rings (SSSR count). The number of carbonyl (C=O) groups excluding carboxylic acids is 3. The SMILES string of the molecule is CC(C)C(=O)CCC(=O)N1CCC(C(=O)C(C)C)CC1. The fourth-order valence-electron chi connectivity index (χ4n) is 2.56. The summed E-state index contributed by atoms with van der Waals surface area (Å²) in [4.78, 5) is 37.3. The van der Waals surface area contributed by atoms with E-state index in [1.54, 1.807) is 4.90 Å². The van der Waals surface area contributed by atoms with E-state index in [-0.39, 0.29) is 29.4 Å². The van der Waals surface area contributed by atoms with Crippen LogP contribution >= 0.6 is 0 Å². The molecule has 0 atom stereocenters. The average molecular weight is 281 g/mol. The summed E-state index contributed by atoms with van der Waals surface area (Å²) < 4.78 is 0. The molecule has 0 aliphatic carbocycles. The van der Waals surface area contributed by atoms with E-state index in [0.717, 1.165) is 12.8 Å². The van der Waals surface area contributed by atoms with E-state index in [0.29, 0.717) is 31.7 Å². The maximum absolute atomic E-state index is 12.0. The fraction of sp³-hybridized carbons (Fsp3) is 0.812. The van der Waals surface area contributed by atoms with Crippen molar-refractivity contribution in [2.24, 2.45) is 17.8 Å². The molecule has 0 aromatic heterocycles. The molecule has 0 radical (unpaired) electrons. The van der Waals surface area contributed by atoms with Gasteiger partial charge in [0.1, 0.15) is 11.6 Å². The van der Waals surface area contributed by atoms with Crippen LogP contribution in [0.2, 0.25) is 0 Å². The van der Waals surface area contributed by atoms with Gasteiger partial charge in [-0.25, -0.2) is 0 Å². The van der Waals surface area contributed by atoms with Crippen LogP contribution in [0.4, 0.5) is 0 Å². The number of rotatable bonds is 6. The summed E-state index contributed by atoms with van der Waals surface area (Å²) in [5.74, 6) is 0.684. The minimum absolute atomic E-state index is 0.00259. The standard InChI is InChI=1S/C16H27NO3/c1-11(2)14(18)5-6-15(19)17-9-7-13(8-10-17)16(20)12(3)4/h11-13H,5-10H2,1-4H3. The van der Waals surface area contributed by atoms with Crippen molar-refractivity contribution < 1.29 is 14.4 Å². The summed E-state index contributed by atoms with van der Waals surface area (Å²) in [6.45, 7) is 8.87. The van der Waals surface area contributed by atoms with Crippen molar-refractivity contribution in [3.05, 3.63) is 0 Å². The number of nitrogens with zero attached hydrogens (tertiary/aromatic N) is 1. The summed E-state index contributed by atoms with van der Waals surface area (Å²) in [5.41, 5.74) is 0. The molecule has 0 N–H and O–H groups in total. The van der Waals surface area contributed by atoms with Gasteiger partial charge < -0.3 is 4.90 Å². The largest absolute Gasteiger partial charge is 0.343 e. The molecule has 0 aromatic carbocycles. The van der Waals surface area contributed by atoms with Gasteiger partial charge in [-0.3, -0.25) is 14.4 Å². The molecule has 1 aliphatic heterocycles. The third-order valence-corrected chi connectivity index (χ3v) is 4.05. The molecule has 0 saturated carbocycles. The van der Waals surface area contributed by atoms with E-state index in [1.165, 1.54) is 0 Å². The highest BCUT2D eigenvalue weighted by Crippen LogP contribution is 2.22. The van der Waals surface area contributed by atoms with E-state index in [9.17, 15) is 14.4 Å². The number of Topliss-reactive ketones (excluding diaryl/α,β-unsaturated/α-hetero) is 2. The zero-order valence-corrected chi connectivity index (χ0v) is 13.1. The van der Waals surface area contributed by atoms with Gasteiger partial charge >= 0.3 is 0 Å². The molecule has 1 saturated heterocycles. The van der Waals surface area contributed by atoms with Gasteiger partial charge in [-0.15, -0.1) is 0 Å². The number of likely N-dealkylation sites (tertiary alicyclic amines) is 1. The molecular formula is C16H27NO3. The number of ketones is 2. The normalized spacial score (nSPS) is 16.8. The van der Waals surface area contributed by atoms with Crippen molar-refractivity contribution in [1.82, 2.24) is 4.90 Å². The Kier molecular flexibility index (Phi) is 6.37. The van der Waals surface area contributed by atoms with E-state index in [4.69, 9.17) is 0 Å². The number of hydrogen-bond donors (Lipinski definition) is 0. The predicted molar refractivity (Wildman–Crippen MR) is 78.2 cm³/mol. The first-order valence-electron chi connectivity index (χ1n) is 7.67. The highest BCUT2D eigenvalue weighted by molar-refractivity contribution is 5.86. The molecule has 0 aromatic rings. The van der Waals surface area contributed by atoms with E-state index < -0.39 is 0 Å². The Bertz CT molecular complexity index is 366. The smallest absolute Gasteiger partial charge is 0.223 e. The average Bonchev–Trinajstić information content (AvgIpc) is 2.43. The second kappa shape index (κ2) is 7.55. The van der Waals surface area contributed by atoms with Crippen molar-refractivity contribution in [2.75, 3.05) is 13.1 Å². The van der Waals surface area contributed by atoms with Crippen molar-refractivity contribution in [2.45, 2.75) is 53.4 Å². The van der Waals surface area contributed by atoms with Gasteiger partial charge in [-0.2, -0.15) is 0 Å². The zero-order valence-electron chi connectivity index (χ0n) is 13.1. The molecule has 4 nitrogen and oxygen atoms in total. The Morgan fingerprint density at radius 1 is 0.950 bits per heavy atom. The number of amides is 1. The van der Waals surface area contributed by atoms with Crippen LogP contribution in [-0.2, 0) is 14.4 Å². The van der Waals surface area contributed by atoms with E-state index >= 15 is 0 Å². The van der Waals surface area contributed by atoms with Crippen LogP contribution < -0.4 is 0 Å². The van der Waals surface area contributed by atoms with Gasteiger partial charge in [0.2, 0.25) is 5.91 Å². The third kappa shape index (κ3) is 4.73. The van der Waals surface area contributed by atoms with Crippen LogP contribution in [0.15, 0.2) is 0 Å². The lowest BCUT2D eigenvalue weighted by Crippen LogP contribution is -2.41. The number of carbonyl (C=O) groups is 3. The van der Waals surface area contributed by atoms with E-state index in [2.05, 4.69) is 0 Å². The Balaban J connectivity index is 2.36. The third-order valence-electron chi connectivity index (χ3n) is 4.05. The maximum Gasteiger partial charge on any atom is 0.223 e. The summed E-state index contributed by atoms with van der Waals surface area (Å²) in [6.07, 6.45) is 2.17. The van der Waals surface area contributed by atoms with E-state index in [1.807, 2.05) is 27.7 Å². The number of piperidine rings is 1. The topological polar surface area (TPSA) is 54.5 Å². The number of hydrogen-bond acceptors (Lipinski definition) is 3. The lowest BCUT2D eigenvalue weighted by Gasteiger charge is -2.32. The molecule has 0 unspecified atom stereocenters. The van der Waals surface area contributed by atoms with Crippen molar-refractivity contribution in [1.29, 1.82) is 0 Å². The van der Waals surface area contributed by atoms with Crippen LogP contribution in [-0.4, -0.2) is 35.5 Å². The highest BCUT2D eigenvalue weighted by atomic mass is 16.2. The fourth-order valence-corrected chi connectivity index (χ4v) is 2.56. The van der Waals surface area contributed by atoms with Gasteiger partial charge in [0, 0.05) is 43.7 Å². The van der Waals surface area contributed by atoms with Gasteiger partial charge in [0.05, 0.1) is 0 Å². The molecule has 114 valence electrons. The zero-order chi connectivity index (χ0) is 15.3. The van der Waals surface area contributed by atoms with Crippen molar-refractivity contribution in [3.63, 3.8) is 0 Å². The van der Waals surface area contributed by atoms with Gasteiger partial charge in [0.25, 0.3) is 0 Å². The van der Waals surface area contributed by atoms with Crippen LogP contribution in [0.1, 0.15) is 53.4 Å². The van der Waals surface area contributed by atoms with Gasteiger partial charge in [-0.1, -0.05) is 27.7 Å². The van der Waals surface area contributed by atoms with Crippen molar-refractivity contribution >= 4 is 17.5 Å². The summed E-state index contributed by atoms with van der Waals surface area (Å²) in [6, 6.07) is 0. The minimum Gasteiger partial charge on any atom is -0.343 e. The second-order valence-electron chi connectivity index (χ2n) is 6.33. The lowest BCUT2D eigenvalue weighted by molar-refractivity contribution is -0.137.